The second kappa shape index (κ2) is 10.1. The summed E-state index contributed by atoms with van der Waals surface area (Å²) in [6.07, 6.45) is 1.06. The molecule has 0 aromatic heterocycles. The summed E-state index contributed by atoms with van der Waals surface area (Å²) in [5.41, 5.74) is 2.92. The highest BCUT2D eigenvalue weighted by molar-refractivity contribution is 6.00. The van der Waals surface area contributed by atoms with Crippen molar-refractivity contribution in [2.75, 3.05) is 18.1 Å². The van der Waals surface area contributed by atoms with Crippen LogP contribution in [0.2, 0.25) is 0 Å². The number of carbonyl (C=O) groups excluding carboxylic acids is 3. The van der Waals surface area contributed by atoms with Crippen molar-refractivity contribution in [1.29, 1.82) is 0 Å². The summed E-state index contributed by atoms with van der Waals surface area (Å²) >= 11 is 0. The van der Waals surface area contributed by atoms with Gasteiger partial charge in [-0.1, -0.05) is 62.4 Å². The number of rotatable bonds is 8. The van der Waals surface area contributed by atoms with Gasteiger partial charge in [0.15, 0.2) is 6.61 Å². The van der Waals surface area contributed by atoms with Gasteiger partial charge in [-0.05, 0) is 29.5 Å². The number of para-hydroxylation sites is 1. The van der Waals surface area contributed by atoms with Crippen LogP contribution in [0.3, 0.4) is 0 Å². The van der Waals surface area contributed by atoms with E-state index in [0.29, 0.717) is 12.5 Å². The maximum Gasteiger partial charge on any atom is 0.311 e. The van der Waals surface area contributed by atoms with Crippen LogP contribution in [0.4, 0.5) is 5.69 Å². The molecule has 2 atom stereocenters. The molecule has 1 aliphatic heterocycles. The average Bonchev–Trinajstić information content (AvgIpc) is 3.17. The van der Waals surface area contributed by atoms with Gasteiger partial charge in [-0.2, -0.15) is 0 Å². The Kier molecular flexibility index (Phi) is 7.22. The van der Waals surface area contributed by atoms with Crippen molar-refractivity contribution in [3.8, 4) is 0 Å². The van der Waals surface area contributed by atoms with E-state index in [0.717, 1.165) is 23.2 Å². The molecular weight excluding hydrogens is 380 g/mol. The highest BCUT2D eigenvalue weighted by atomic mass is 16.5. The van der Waals surface area contributed by atoms with Crippen molar-refractivity contribution in [3.63, 3.8) is 0 Å². The van der Waals surface area contributed by atoms with E-state index in [4.69, 9.17) is 4.74 Å². The van der Waals surface area contributed by atoms with Gasteiger partial charge < -0.3 is 15.0 Å². The van der Waals surface area contributed by atoms with Crippen LogP contribution < -0.4 is 10.2 Å². The summed E-state index contributed by atoms with van der Waals surface area (Å²) in [7, 11) is 0. The third kappa shape index (κ3) is 5.26. The lowest BCUT2D eigenvalue weighted by Gasteiger charge is -2.23. The number of benzene rings is 2. The maximum absolute atomic E-state index is 12.6. The third-order valence-electron chi connectivity index (χ3n) is 5.51. The van der Waals surface area contributed by atoms with Gasteiger partial charge >= 0.3 is 5.97 Å². The summed E-state index contributed by atoms with van der Waals surface area (Å²) in [4.78, 5) is 38.7. The molecule has 0 aliphatic carbocycles. The van der Waals surface area contributed by atoms with Gasteiger partial charge in [0.05, 0.1) is 5.92 Å². The van der Waals surface area contributed by atoms with Crippen LogP contribution in [0.25, 0.3) is 0 Å². The predicted octanol–water partition coefficient (Wildman–Crippen LogP) is 3.41. The van der Waals surface area contributed by atoms with Crippen molar-refractivity contribution in [3.05, 3.63) is 65.7 Å². The summed E-state index contributed by atoms with van der Waals surface area (Å²) in [5.74, 6) is -1.23. The Morgan fingerprint density at radius 3 is 2.57 bits per heavy atom. The van der Waals surface area contributed by atoms with E-state index in [-0.39, 0.29) is 31.4 Å². The molecular formula is C24H28N2O4. The fraction of sp³-hybridized carbons (Fsp3) is 0.375. The van der Waals surface area contributed by atoms with Crippen LogP contribution in [0, 0.1) is 5.92 Å². The lowest BCUT2D eigenvalue weighted by Crippen LogP contribution is -2.31. The Morgan fingerprint density at radius 2 is 1.83 bits per heavy atom. The Balaban J connectivity index is 1.53. The first kappa shape index (κ1) is 21.6. The van der Waals surface area contributed by atoms with Crippen molar-refractivity contribution >= 4 is 23.5 Å². The SMILES string of the molecule is CC[C@H](C)c1ccccc1N1C[C@H](C(=O)OCC(=O)NCc2ccccc2)CC1=O. The molecule has 6 heteroatoms. The molecule has 1 aliphatic rings. The Labute approximate surface area is 177 Å². The lowest BCUT2D eigenvalue weighted by atomic mass is 9.96. The zero-order valence-electron chi connectivity index (χ0n) is 17.5. The molecule has 2 aromatic carbocycles. The molecule has 158 valence electrons. The number of amides is 2. The monoisotopic (exact) mass is 408 g/mol. The molecule has 2 aromatic rings. The van der Waals surface area contributed by atoms with Crippen LogP contribution in [0.15, 0.2) is 54.6 Å². The number of ether oxygens (including phenoxy) is 1. The van der Waals surface area contributed by atoms with E-state index >= 15 is 0 Å². The van der Waals surface area contributed by atoms with E-state index in [9.17, 15) is 14.4 Å². The van der Waals surface area contributed by atoms with Gasteiger partial charge in [-0.3, -0.25) is 14.4 Å². The Hall–Kier alpha value is -3.15. The van der Waals surface area contributed by atoms with E-state index in [1.165, 1.54) is 0 Å². The van der Waals surface area contributed by atoms with Gasteiger partial charge in [0.25, 0.3) is 5.91 Å². The number of hydrogen-bond donors (Lipinski definition) is 1. The van der Waals surface area contributed by atoms with Crippen molar-refractivity contribution in [2.24, 2.45) is 5.92 Å². The third-order valence-corrected chi connectivity index (χ3v) is 5.51. The van der Waals surface area contributed by atoms with Crippen molar-refractivity contribution in [1.82, 2.24) is 5.32 Å². The summed E-state index contributed by atoms with van der Waals surface area (Å²) < 4.78 is 5.18. The summed E-state index contributed by atoms with van der Waals surface area (Å²) in [6.45, 7) is 4.53. The standard InChI is InChI=1S/C24H28N2O4/c1-3-17(2)20-11-7-8-12-21(20)26-15-19(13-23(26)28)24(29)30-16-22(27)25-14-18-9-5-4-6-10-18/h4-12,17,19H,3,13-16H2,1-2H3,(H,25,27)/t17-,19+/m0/s1. The molecule has 0 bridgehead atoms. The van der Waals surface area contributed by atoms with Crippen LogP contribution in [-0.2, 0) is 25.7 Å². The van der Waals surface area contributed by atoms with Crippen LogP contribution in [0.1, 0.15) is 43.7 Å². The first-order valence-electron chi connectivity index (χ1n) is 10.4. The first-order valence-corrected chi connectivity index (χ1v) is 10.4. The number of hydrogen-bond acceptors (Lipinski definition) is 4. The van der Waals surface area contributed by atoms with E-state index in [1.807, 2.05) is 54.6 Å². The molecule has 0 spiro atoms. The molecule has 1 heterocycles. The fourth-order valence-corrected chi connectivity index (χ4v) is 3.57. The smallest absolute Gasteiger partial charge is 0.311 e. The topological polar surface area (TPSA) is 75.7 Å². The van der Waals surface area contributed by atoms with Gasteiger partial charge in [-0.25, -0.2) is 0 Å². The number of anilines is 1. The molecule has 6 nitrogen and oxygen atoms in total. The van der Waals surface area contributed by atoms with Gasteiger partial charge in [0.1, 0.15) is 0 Å². The Bertz CT molecular complexity index is 897. The molecule has 1 saturated heterocycles. The molecule has 0 radical (unpaired) electrons. The van der Waals surface area contributed by atoms with Gasteiger partial charge in [0, 0.05) is 25.2 Å². The number of esters is 1. The number of nitrogens with zero attached hydrogens (tertiary/aromatic N) is 1. The molecule has 1 fully saturated rings. The van der Waals surface area contributed by atoms with Crippen molar-refractivity contribution < 1.29 is 19.1 Å². The van der Waals surface area contributed by atoms with Crippen LogP contribution >= 0.6 is 0 Å². The minimum Gasteiger partial charge on any atom is -0.455 e. The largest absolute Gasteiger partial charge is 0.455 e. The van der Waals surface area contributed by atoms with E-state index in [2.05, 4.69) is 19.2 Å². The lowest BCUT2D eigenvalue weighted by molar-refractivity contribution is -0.152. The maximum atomic E-state index is 12.6. The predicted molar refractivity (Wildman–Crippen MR) is 115 cm³/mol. The Morgan fingerprint density at radius 1 is 1.13 bits per heavy atom. The zero-order chi connectivity index (χ0) is 21.5. The highest BCUT2D eigenvalue weighted by Crippen LogP contribution is 2.33. The van der Waals surface area contributed by atoms with Crippen LogP contribution in [0.5, 0.6) is 0 Å². The molecule has 3 rings (SSSR count). The van der Waals surface area contributed by atoms with Crippen LogP contribution in [-0.4, -0.2) is 30.9 Å². The number of nitrogens with one attached hydrogen (secondary N) is 1. The molecule has 1 N–H and O–H groups in total. The van der Waals surface area contributed by atoms with E-state index < -0.39 is 11.9 Å². The molecule has 0 saturated carbocycles. The van der Waals surface area contributed by atoms with E-state index in [1.54, 1.807) is 4.90 Å². The average molecular weight is 408 g/mol. The zero-order valence-corrected chi connectivity index (χ0v) is 17.5. The summed E-state index contributed by atoms with van der Waals surface area (Å²) in [6, 6.07) is 17.3. The normalized spacial score (nSPS) is 16.9. The summed E-state index contributed by atoms with van der Waals surface area (Å²) in [5, 5.41) is 2.72. The second-order valence-electron chi connectivity index (χ2n) is 7.64. The minimum atomic E-state index is -0.565. The highest BCUT2D eigenvalue weighted by Gasteiger charge is 2.37. The van der Waals surface area contributed by atoms with Gasteiger partial charge in [-0.15, -0.1) is 0 Å². The first-order chi connectivity index (χ1) is 14.5. The molecule has 30 heavy (non-hydrogen) atoms. The fourth-order valence-electron chi connectivity index (χ4n) is 3.57. The molecule has 2 amide bonds. The van der Waals surface area contributed by atoms with Crippen molar-refractivity contribution in [2.45, 2.75) is 39.2 Å². The second-order valence-corrected chi connectivity index (χ2v) is 7.64. The number of carbonyl (C=O) groups is 3. The van der Waals surface area contributed by atoms with Gasteiger partial charge in [0.2, 0.25) is 5.91 Å². The minimum absolute atomic E-state index is 0.0961. The quantitative estimate of drug-likeness (QED) is 0.679. The molecule has 0 unspecified atom stereocenters.